The molecule has 3 aromatic rings. The number of amides is 1. The predicted octanol–water partition coefficient (Wildman–Crippen LogP) is 3.49. The average Bonchev–Trinajstić information content (AvgIpc) is 2.74. The zero-order valence-corrected chi connectivity index (χ0v) is 15.7. The maximum atomic E-state index is 11.5. The first kappa shape index (κ1) is 17.1. The lowest BCUT2D eigenvalue weighted by Crippen LogP contribution is -2.46. The Hall–Kier alpha value is -3.05. The van der Waals surface area contributed by atoms with Gasteiger partial charge in [0.25, 0.3) is 5.91 Å². The van der Waals surface area contributed by atoms with Gasteiger partial charge in [-0.25, -0.2) is 0 Å². The molecular formula is C23H23N3O2. The summed E-state index contributed by atoms with van der Waals surface area (Å²) in [6.07, 6.45) is 0. The minimum absolute atomic E-state index is 0.0892. The Bertz CT molecular complexity index is 1030. The number of carbonyl (C=O) groups is 1. The summed E-state index contributed by atoms with van der Waals surface area (Å²) in [7, 11) is 0. The lowest BCUT2D eigenvalue weighted by Gasteiger charge is -2.36. The Morgan fingerprint density at radius 1 is 0.893 bits per heavy atom. The number of hydrogen-bond donors (Lipinski definition) is 1. The number of fused-ring (bicyclic) bond motifs is 2. The van der Waals surface area contributed by atoms with E-state index >= 15 is 0 Å². The largest absolute Gasteiger partial charge is 0.482 e. The lowest BCUT2D eigenvalue weighted by molar-refractivity contribution is -0.118. The monoisotopic (exact) mass is 373 g/mol. The molecule has 0 aliphatic carbocycles. The van der Waals surface area contributed by atoms with Gasteiger partial charge in [-0.05, 0) is 40.6 Å². The smallest absolute Gasteiger partial charge is 0.262 e. The fourth-order valence-corrected chi connectivity index (χ4v) is 4.02. The van der Waals surface area contributed by atoms with Crippen molar-refractivity contribution < 1.29 is 9.53 Å². The van der Waals surface area contributed by atoms with Crippen molar-refractivity contribution >= 4 is 28.1 Å². The average molecular weight is 373 g/mol. The van der Waals surface area contributed by atoms with Crippen molar-refractivity contribution in [3.05, 3.63) is 66.2 Å². The van der Waals surface area contributed by atoms with Crippen molar-refractivity contribution in [3.8, 4) is 5.75 Å². The molecule has 2 heterocycles. The summed E-state index contributed by atoms with van der Waals surface area (Å²) in [6, 6.07) is 21.3. The number of nitrogens with zero attached hydrogens (tertiary/aromatic N) is 2. The third-order valence-corrected chi connectivity index (χ3v) is 5.55. The summed E-state index contributed by atoms with van der Waals surface area (Å²) < 4.78 is 5.44. The molecule has 0 atom stereocenters. The SMILES string of the molecule is O=C1COc2ccc(CN3CCN(c4ccc5ccccc5c4)CC3)cc2N1. The molecule has 2 aliphatic rings. The van der Waals surface area contributed by atoms with Gasteiger partial charge in [-0.2, -0.15) is 0 Å². The number of piperazine rings is 1. The fourth-order valence-electron chi connectivity index (χ4n) is 4.02. The minimum atomic E-state index is -0.0892. The van der Waals surface area contributed by atoms with E-state index in [1.165, 1.54) is 22.0 Å². The molecule has 3 aromatic carbocycles. The Morgan fingerprint density at radius 2 is 1.71 bits per heavy atom. The topological polar surface area (TPSA) is 44.8 Å². The quantitative estimate of drug-likeness (QED) is 0.763. The number of carbonyl (C=O) groups excluding carboxylic acids is 1. The van der Waals surface area contributed by atoms with Gasteiger partial charge >= 0.3 is 0 Å². The second kappa shape index (κ2) is 7.17. The minimum Gasteiger partial charge on any atom is -0.482 e. The molecule has 1 fully saturated rings. The Morgan fingerprint density at radius 3 is 2.57 bits per heavy atom. The van der Waals surface area contributed by atoms with Crippen LogP contribution in [0.1, 0.15) is 5.56 Å². The lowest BCUT2D eigenvalue weighted by atomic mass is 10.1. The van der Waals surface area contributed by atoms with Crippen molar-refractivity contribution in [2.75, 3.05) is 43.0 Å². The molecule has 5 nitrogen and oxygen atoms in total. The van der Waals surface area contributed by atoms with Crippen LogP contribution in [0.3, 0.4) is 0 Å². The number of nitrogens with one attached hydrogen (secondary N) is 1. The zero-order valence-electron chi connectivity index (χ0n) is 15.7. The van der Waals surface area contributed by atoms with E-state index in [-0.39, 0.29) is 12.5 Å². The number of hydrogen-bond acceptors (Lipinski definition) is 4. The van der Waals surface area contributed by atoms with E-state index in [1.54, 1.807) is 0 Å². The van der Waals surface area contributed by atoms with Gasteiger partial charge in [-0.3, -0.25) is 9.69 Å². The van der Waals surface area contributed by atoms with Crippen LogP contribution in [0.5, 0.6) is 5.75 Å². The first-order valence-corrected chi connectivity index (χ1v) is 9.76. The van der Waals surface area contributed by atoms with Crippen LogP contribution >= 0.6 is 0 Å². The molecular weight excluding hydrogens is 350 g/mol. The highest BCUT2D eigenvalue weighted by Gasteiger charge is 2.20. The third-order valence-electron chi connectivity index (χ3n) is 5.55. The van der Waals surface area contributed by atoms with Crippen molar-refractivity contribution in [1.29, 1.82) is 0 Å². The van der Waals surface area contributed by atoms with Gasteiger partial charge in [0.2, 0.25) is 0 Å². The summed E-state index contributed by atoms with van der Waals surface area (Å²) >= 11 is 0. The third kappa shape index (κ3) is 3.41. The molecule has 0 aromatic heterocycles. The van der Waals surface area contributed by atoms with E-state index in [4.69, 9.17) is 4.74 Å². The molecule has 0 unspecified atom stereocenters. The van der Waals surface area contributed by atoms with E-state index in [0.717, 1.165) is 44.2 Å². The van der Waals surface area contributed by atoms with Crippen LogP contribution in [0.2, 0.25) is 0 Å². The van der Waals surface area contributed by atoms with Gasteiger partial charge in [0.15, 0.2) is 6.61 Å². The summed E-state index contributed by atoms with van der Waals surface area (Å²) in [4.78, 5) is 16.5. The van der Waals surface area contributed by atoms with Crippen LogP contribution in [-0.4, -0.2) is 43.6 Å². The first-order chi connectivity index (χ1) is 13.7. The zero-order chi connectivity index (χ0) is 18.9. The number of ether oxygens (including phenoxy) is 1. The highest BCUT2D eigenvalue weighted by atomic mass is 16.5. The standard InChI is InChI=1S/C23H23N3O2/c27-23-16-28-22-8-5-17(13-21(22)24-23)15-25-9-11-26(12-10-25)20-7-6-18-3-1-2-4-19(18)14-20/h1-8,13-14H,9-12,15-16H2,(H,24,27). The molecule has 0 radical (unpaired) electrons. The molecule has 5 rings (SSSR count). The fraction of sp³-hybridized carbons (Fsp3) is 0.261. The van der Waals surface area contributed by atoms with E-state index in [1.807, 2.05) is 12.1 Å². The Kier molecular flexibility index (Phi) is 4.37. The van der Waals surface area contributed by atoms with Crippen LogP contribution in [0.4, 0.5) is 11.4 Å². The highest BCUT2D eigenvalue weighted by Crippen LogP contribution is 2.29. The molecule has 1 saturated heterocycles. The molecule has 0 spiro atoms. The van der Waals surface area contributed by atoms with Crippen LogP contribution in [0.25, 0.3) is 10.8 Å². The molecule has 5 heteroatoms. The van der Waals surface area contributed by atoms with E-state index in [9.17, 15) is 4.79 Å². The Labute approximate surface area is 164 Å². The molecule has 0 bridgehead atoms. The second-order valence-electron chi connectivity index (χ2n) is 7.46. The molecule has 2 aliphatic heterocycles. The molecule has 1 amide bonds. The van der Waals surface area contributed by atoms with Crippen molar-refractivity contribution in [2.24, 2.45) is 0 Å². The van der Waals surface area contributed by atoms with Gasteiger partial charge in [0, 0.05) is 38.4 Å². The van der Waals surface area contributed by atoms with Crippen LogP contribution in [-0.2, 0) is 11.3 Å². The van der Waals surface area contributed by atoms with Gasteiger partial charge in [-0.15, -0.1) is 0 Å². The van der Waals surface area contributed by atoms with E-state index in [0.29, 0.717) is 0 Å². The summed E-state index contributed by atoms with van der Waals surface area (Å²) in [5, 5.41) is 5.47. The van der Waals surface area contributed by atoms with Crippen LogP contribution in [0, 0.1) is 0 Å². The number of anilines is 2. The Balaban J connectivity index is 1.23. The van der Waals surface area contributed by atoms with E-state index in [2.05, 4.69) is 63.6 Å². The summed E-state index contributed by atoms with van der Waals surface area (Å²) in [5.41, 5.74) is 3.28. The first-order valence-electron chi connectivity index (χ1n) is 9.76. The van der Waals surface area contributed by atoms with Gasteiger partial charge in [0.1, 0.15) is 5.75 Å². The van der Waals surface area contributed by atoms with Crippen molar-refractivity contribution in [2.45, 2.75) is 6.54 Å². The van der Waals surface area contributed by atoms with E-state index < -0.39 is 0 Å². The number of rotatable bonds is 3. The highest BCUT2D eigenvalue weighted by molar-refractivity contribution is 5.95. The maximum absolute atomic E-state index is 11.5. The summed E-state index contributed by atoms with van der Waals surface area (Å²) in [6.45, 7) is 5.06. The number of benzene rings is 3. The van der Waals surface area contributed by atoms with Crippen LogP contribution < -0.4 is 15.0 Å². The molecule has 1 N–H and O–H groups in total. The molecule has 142 valence electrons. The predicted molar refractivity (Wildman–Crippen MR) is 112 cm³/mol. The molecule has 0 saturated carbocycles. The van der Waals surface area contributed by atoms with Gasteiger partial charge in [0.05, 0.1) is 5.69 Å². The van der Waals surface area contributed by atoms with Crippen LogP contribution in [0.15, 0.2) is 60.7 Å². The van der Waals surface area contributed by atoms with Gasteiger partial charge in [-0.1, -0.05) is 36.4 Å². The second-order valence-corrected chi connectivity index (χ2v) is 7.46. The molecule has 28 heavy (non-hydrogen) atoms. The van der Waals surface area contributed by atoms with Crippen molar-refractivity contribution in [1.82, 2.24) is 4.90 Å². The normalized spacial score (nSPS) is 17.1. The van der Waals surface area contributed by atoms with Crippen molar-refractivity contribution in [3.63, 3.8) is 0 Å². The summed E-state index contributed by atoms with van der Waals surface area (Å²) in [5.74, 6) is 0.665. The van der Waals surface area contributed by atoms with Gasteiger partial charge < -0.3 is 15.0 Å². The maximum Gasteiger partial charge on any atom is 0.262 e.